The minimum atomic E-state index is -0.941. The minimum Gasteiger partial charge on any atom is -0.507 e. The second-order valence-electron chi connectivity index (χ2n) is 7.37. The quantitative estimate of drug-likeness (QED) is 0.251. The molecule has 8 heteroatoms. The summed E-state index contributed by atoms with van der Waals surface area (Å²) in [5.74, 6) is -0.185. The number of hydrogen-bond donors (Lipinski definition) is 1. The van der Waals surface area contributed by atoms with Crippen molar-refractivity contribution in [1.29, 1.82) is 0 Å². The summed E-state index contributed by atoms with van der Waals surface area (Å²) in [4.78, 5) is 27.4. The molecule has 2 heterocycles. The van der Waals surface area contributed by atoms with Crippen LogP contribution in [0.2, 0.25) is 0 Å². The van der Waals surface area contributed by atoms with Gasteiger partial charge in [-0.2, -0.15) is 0 Å². The zero-order chi connectivity index (χ0) is 23.5. The molecular weight excluding hydrogens is 424 g/mol. The highest BCUT2D eigenvalue weighted by Crippen LogP contribution is 2.42. The van der Waals surface area contributed by atoms with Gasteiger partial charge in [-0.05, 0) is 48.9 Å². The third-order valence-electron chi connectivity index (χ3n) is 5.21. The second kappa shape index (κ2) is 9.04. The smallest absolute Gasteiger partial charge is 0.301 e. The van der Waals surface area contributed by atoms with Crippen LogP contribution in [0.1, 0.15) is 22.9 Å². The van der Waals surface area contributed by atoms with Gasteiger partial charge in [0.15, 0.2) is 5.82 Å². The van der Waals surface area contributed by atoms with E-state index >= 15 is 0 Å². The number of ether oxygens (including phenoxy) is 2. The second-order valence-corrected chi connectivity index (χ2v) is 7.37. The van der Waals surface area contributed by atoms with Crippen molar-refractivity contribution in [3.8, 4) is 11.5 Å². The number of Topliss-reactive ketones (excluding diaryl/α,β-unsaturated/α-hetero) is 1. The Morgan fingerprint density at radius 1 is 1.18 bits per heavy atom. The number of carbonyl (C=O) groups is 2. The Kier molecular flexibility index (Phi) is 5.99. The van der Waals surface area contributed by atoms with Gasteiger partial charge in [0.2, 0.25) is 0 Å². The molecule has 1 unspecified atom stereocenters. The highest BCUT2D eigenvalue weighted by molar-refractivity contribution is 6.51. The average Bonchev–Trinajstić information content (AvgIpc) is 3.38. The van der Waals surface area contributed by atoms with Crippen LogP contribution in [-0.2, 0) is 9.59 Å². The molecule has 8 nitrogen and oxygen atoms in total. The number of benzene rings is 2. The van der Waals surface area contributed by atoms with Gasteiger partial charge in [-0.1, -0.05) is 29.9 Å². The van der Waals surface area contributed by atoms with E-state index in [1.165, 1.54) is 12.0 Å². The van der Waals surface area contributed by atoms with Crippen molar-refractivity contribution in [3.05, 3.63) is 89.7 Å². The normalized spacial score (nSPS) is 17.3. The van der Waals surface area contributed by atoms with Crippen LogP contribution in [-0.4, -0.2) is 35.7 Å². The van der Waals surface area contributed by atoms with Gasteiger partial charge in [-0.3, -0.25) is 14.5 Å². The van der Waals surface area contributed by atoms with Crippen molar-refractivity contribution in [1.82, 2.24) is 5.16 Å². The van der Waals surface area contributed by atoms with E-state index in [9.17, 15) is 14.7 Å². The zero-order valence-electron chi connectivity index (χ0n) is 18.1. The number of ketones is 1. The fourth-order valence-corrected chi connectivity index (χ4v) is 3.68. The molecule has 1 fully saturated rings. The van der Waals surface area contributed by atoms with Gasteiger partial charge in [0.05, 0.1) is 18.7 Å². The fourth-order valence-electron chi connectivity index (χ4n) is 3.68. The predicted octanol–water partition coefficient (Wildman–Crippen LogP) is 4.18. The molecule has 0 bridgehead atoms. The first-order chi connectivity index (χ1) is 15.9. The summed E-state index contributed by atoms with van der Waals surface area (Å²) in [5, 5.41) is 15.1. The molecule has 1 aliphatic heterocycles. The lowest BCUT2D eigenvalue weighted by molar-refractivity contribution is -0.132. The van der Waals surface area contributed by atoms with Crippen molar-refractivity contribution < 1.29 is 28.7 Å². The lowest BCUT2D eigenvalue weighted by Crippen LogP contribution is -2.29. The minimum absolute atomic E-state index is 0.0632. The van der Waals surface area contributed by atoms with E-state index in [1.807, 2.05) is 0 Å². The molecule has 1 amide bonds. The predicted molar refractivity (Wildman–Crippen MR) is 121 cm³/mol. The number of rotatable bonds is 7. The maximum atomic E-state index is 13.1. The van der Waals surface area contributed by atoms with E-state index < -0.39 is 17.7 Å². The first kappa shape index (κ1) is 21.9. The van der Waals surface area contributed by atoms with Gasteiger partial charge in [0, 0.05) is 11.6 Å². The Morgan fingerprint density at radius 2 is 1.94 bits per heavy atom. The summed E-state index contributed by atoms with van der Waals surface area (Å²) in [6.07, 6.45) is 1.61. The molecule has 1 N–H and O–H groups in total. The topological polar surface area (TPSA) is 102 Å². The monoisotopic (exact) mass is 446 g/mol. The standard InChI is InChI=1S/C25H22N2O6/c1-4-12-32-19-7-5-6-17(14-19)22-21(23(28)16-8-10-18(31-3)11-9-16)24(29)25(30)27(22)20-13-15(2)33-26-20/h4-11,13-14,22,28H,1,12H2,2-3H3. The van der Waals surface area contributed by atoms with Crippen molar-refractivity contribution in [2.75, 3.05) is 18.6 Å². The number of amides is 1. The Bertz CT molecular complexity index is 1240. The van der Waals surface area contributed by atoms with Gasteiger partial charge in [-0.25, -0.2) is 0 Å². The Labute approximate surface area is 190 Å². The third kappa shape index (κ3) is 4.10. The number of methoxy groups -OCH3 is 1. The van der Waals surface area contributed by atoms with E-state index in [1.54, 1.807) is 67.6 Å². The number of aryl methyl sites for hydroxylation is 1. The number of hydrogen-bond acceptors (Lipinski definition) is 7. The largest absolute Gasteiger partial charge is 0.507 e. The van der Waals surface area contributed by atoms with Crippen molar-refractivity contribution >= 4 is 23.3 Å². The van der Waals surface area contributed by atoms with E-state index in [4.69, 9.17) is 14.0 Å². The first-order valence-electron chi connectivity index (χ1n) is 10.2. The van der Waals surface area contributed by atoms with Crippen LogP contribution < -0.4 is 14.4 Å². The van der Waals surface area contributed by atoms with Gasteiger partial charge in [0.1, 0.15) is 29.6 Å². The molecule has 1 aliphatic rings. The fraction of sp³-hybridized carbons (Fsp3) is 0.160. The highest BCUT2D eigenvalue weighted by atomic mass is 16.5. The summed E-state index contributed by atoms with van der Waals surface area (Å²) in [6, 6.07) is 14.1. The molecule has 1 aromatic heterocycles. The molecular formula is C25H22N2O6. The van der Waals surface area contributed by atoms with E-state index in [0.717, 1.165) is 0 Å². The van der Waals surface area contributed by atoms with E-state index in [0.29, 0.717) is 28.4 Å². The third-order valence-corrected chi connectivity index (χ3v) is 5.21. The lowest BCUT2D eigenvalue weighted by atomic mass is 9.95. The van der Waals surface area contributed by atoms with Crippen LogP contribution in [0, 0.1) is 6.92 Å². The Hall–Kier alpha value is -4.33. The van der Waals surface area contributed by atoms with Crippen molar-refractivity contribution in [2.45, 2.75) is 13.0 Å². The molecule has 3 aromatic rings. The molecule has 168 valence electrons. The number of carbonyl (C=O) groups excluding carboxylic acids is 2. The maximum Gasteiger partial charge on any atom is 0.301 e. The highest BCUT2D eigenvalue weighted by Gasteiger charge is 2.48. The average molecular weight is 446 g/mol. The van der Waals surface area contributed by atoms with Gasteiger partial charge >= 0.3 is 5.91 Å². The number of aliphatic hydroxyl groups is 1. The summed E-state index contributed by atoms with van der Waals surface area (Å²) in [5.41, 5.74) is 0.868. The van der Waals surface area contributed by atoms with Crippen LogP contribution in [0.4, 0.5) is 5.82 Å². The number of aromatic nitrogens is 1. The maximum absolute atomic E-state index is 13.1. The van der Waals surface area contributed by atoms with Crippen molar-refractivity contribution in [2.24, 2.45) is 0 Å². The Morgan fingerprint density at radius 3 is 2.58 bits per heavy atom. The van der Waals surface area contributed by atoms with Crippen molar-refractivity contribution in [3.63, 3.8) is 0 Å². The summed E-state index contributed by atoms with van der Waals surface area (Å²) < 4.78 is 15.9. The summed E-state index contributed by atoms with van der Waals surface area (Å²) in [6.45, 7) is 5.61. The van der Waals surface area contributed by atoms with Gasteiger partial charge < -0.3 is 19.1 Å². The molecule has 0 aliphatic carbocycles. The molecule has 1 saturated heterocycles. The molecule has 0 radical (unpaired) electrons. The summed E-state index contributed by atoms with van der Waals surface area (Å²) >= 11 is 0. The van der Waals surface area contributed by atoms with Gasteiger partial charge in [0.25, 0.3) is 5.78 Å². The molecule has 33 heavy (non-hydrogen) atoms. The Balaban J connectivity index is 1.89. The number of anilines is 1. The van der Waals surface area contributed by atoms with Gasteiger partial charge in [-0.15, -0.1) is 0 Å². The van der Waals surface area contributed by atoms with Crippen LogP contribution in [0.15, 0.2) is 77.3 Å². The van der Waals surface area contributed by atoms with Crippen LogP contribution in [0.25, 0.3) is 5.76 Å². The van der Waals surface area contributed by atoms with E-state index in [-0.39, 0.29) is 23.8 Å². The molecule has 0 spiro atoms. The zero-order valence-corrected chi connectivity index (χ0v) is 18.1. The summed E-state index contributed by atoms with van der Waals surface area (Å²) in [7, 11) is 1.53. The molecule has 4 rings (SSSR count). The number of aliphatic hydroxyl groups excluding tert-OH is 1. The molecule has 0 saturated carbocycles. The van der Waals surface area contributed by atoms with Crippen LogP contribution in [0.3, 0.4) is 0 Å². The molecule has 2 aromatic carbocycles. The lowest BCUT2D eigenvalue weighted by Gasteiger charge is -2.23. The number of nitrogens with zero attached hydrogens (tertiary/aromatic N) is 2. The van der Waals surface area contributed by atoms with Crippen LogP contribution in [0.5, 0.6) is 11.5 Å². The first-order valence-corrected chi connectivity index (χ1v) is 10.2. The van der Waals surface area contributed by atoms with Crippen LogP contribution >= 0.6 is 0 Å². The van der Waals surface area contributed by atoms with E-state index in [2.05, 4.69) is 11.7 Å². The molecule has 1 atom stereocenters. The SMILES string of the molecule is C=CCOc1cccc(C2C(=C(O)c3ccc(OC)cc3)C(=O)C(=O)N2c2cc(C)on2)c1.